The number of amides is 1. The highest BCUT2D eigenvalue weighted by molar-refractivity contribution is 5.76. The monoisotopic (exact) mass is 336 g/mol. The van der Waals surface area contributed by atoms with Crippen molar-refractivity contribution in [2.75, 3.05) is 13.1 Å². The van der Waals surface area contributed by atoms with Crippen LogP contribution in [0.4, 0.5) is 0 Å². The smallest absolute Gasteiger partial charge is 0.288 e. The van der Waals surface area contributed by atoms with Crippen LogP contribution in [0.3, 0.4) is 0 Å². The molecule has 0 aliphatic heterocycles. The maximum atomic E-state index is 10.9. The number of hydrogen-bond donors (Lipinski definition) is 2. The third kappa shape index (κ3) is 6.88. The minimum Gasteiger partial charge on any atom is -0.369 e. The summed E-state index contributed by atoms with van der Waals surface area (Å²) in [7, 11) is 0. The molecule has 1 amide bonds. The SMILES string of the molecule is NC(=O)CNCCc1ccccc1.O=c1cncc2ccccc2n1. The molecule has 0 saturated heterocycles. The van der Waals surface area contributed by atoms with Gasteiger partial charge in [0.25, 0.3) is 5.56 Å². The van der Waals surface area contributed by atoms with Gasteiger partial charge in [0.05, 0.1) is 18.3 Å². The van der Waals surface area contributed by atoms with Crippen LogP contribution in [0.15, 0.2) is 71.8 Å². The van der Waals surface area contributed by atoms with Crippen molar-refractivity contribution in [3.05, 3.63) is 82.9 Å². The summed E-state index contributed by atoms with van der Waals surface area (Å²) >= 11 is 0. The lowest BCUT2D eigenvalue weighted by Gasteiger charge is -2.01. The maximum absolute atomic E-state index is 10.9. The second kappa shape index (κ2) is 9.89. The van der Waals surface area contributed by atoms with Gasteiger partial charge >= 0.3 is 0 Å². The third-order valence-electron chi connectivity index (χ3n) is 3.30. The van der Waals surface area contributed by atoms with Gasteiger partial charge in [-0.1, -0.05) is 48.5 Å². The zero-order valence-corrected chi connectivity index (χ0v) is 13.8. The first-order valence-corrected chi connectivity index (χ1v) is 7.89. The van der Waals surface area contributed by atoms with Crippen molar-refractivity contribution in [3.8, 4) is 0 Å². The Morgan fingerprint density at radius 1 is 1.00 bits per heavy atom. The number of rotatable bonds is 5. The molecule has 3 rings (SSSR count). The molecule has 0 atom stereocenters. The van der Waals surface area contributed by atoms with Gasteiger partial charge in [-0.2, -0.15) is 0 Å². The van der Waals surface area contributed by atoms with Crippen LogP contribution in [0.5, 0.6) is 0 Å². The van der Waals surface area contributed by atoms with E-state index in [1.165, 1.54) is 11.8 Å². The molecule has 0 bridgehead atoms. The van der Waals surface area contributed by atoms with Crippen molar-refractivity contribution >= 4 is 16.8 Å². The minimum atomic E-state index is -0.312. The molecule has 6 heteroatoms. The van der Waals surface area contributed by atoms with Crippen molar-refractivity contribution in [2.24, 2.45) is 5.73 Å². The Bertz CT molecular complexity index is 869. The number of benzene rings is 2. The van der Waals surface area contributed by atoms with Crippen molar-refractivity contribution < 1.29 is 4.79 Å². The fourth-order valence-corrected chi connectivity index (χ4v) is 2.12. The van der Waals surface area contributed by atoms with Crippen molar-refractivity contribution in [2.45, 2.75) is 6.42 Å². The van der Waals surface area contributed by atoms with Crippen LogP contribution in [0.25, 0.3) is 10.9 Å². The summed E-state index contributed by atoms with van der Waals surface area (Å²) in [4.78, 5) is 28.9. The normalized spacial score (nSPS) is 9.92. The lowest BCUT2D eigenvalue weighted by Crippen LogP contribution is -2.29. The van der Waals surface area contributed by atoms with E-state index in [9.17, 15) is 9.59 Å². The average molecular weight is 336 g/mol. The fourth-order valence-electron chi connectivity index (χ4n) is 2.12. The molecule has 3 N–H and O–H groups in total. The van der Waals surface area contributed by atoms with E-state index in [1.54, 1.807) is 12.3 Å². The first-order chi connectivity index (χ1) is 12.1. The Balaban J connectivity index is 0.000000181. The van der Waals surface area contributed by atoms with Crippen molar-refractivity contribution in [3.63, 3.8) is 0 Å². The molecule has 3 aromatic rings. The van der Waals surface area contributed by atoms with Crippen LogP contribution in [0.2, 0.25) is 0 Å². The van der Waals surface area contributed by atoms with E-state index < -0.39 is 0 Å². The van der Waals surface area contributed by atoms with Crippen LogP contribution >= 0.6 is 0 Å². The third-order valence-corrected chi connectivity index (χ3v) is 3.30. The molecular formula is C19H20N4O2. The van der Waals surface area contributed by atoms with E-state index in [1.807, 2.05) is 36.4 Å². The van der Waals surface area contributed by atoms with Crippen molar-refractivity contribution in [1.82, 2.24) is 15.3 Å². The summed E-state index contributed by atoms with van der Waals surface area (Å²) in [5, 5.41) is 3.83. The number of nitrogens with two attached hydrogens (primary N) is 1. The number of aromatic nitrogens is 2. The van der Waals surface area contributed by atoms with Gasteiger partial charge in [0.1, 0.15) is 0 Å². The first-order valence-electron chi connectivity index (χ1n) is 7.89. The van der Waals surface area contributed by atoms with Crippen molar-refractivity contribution in [1.29, 1.82) is 0 Å². The first kappa shape index (κ1) is 18.2. The van der Waals surface area contributed by atoms with E-state index in [4.69, 9.17) is 5.73 Å². The lowest BCUT2D eigenvalue weighted by molar-refractivity contribution is -0.117. The summed E-state index contributed by atoms with van der Waals surface area (Å²) in [5.74, 6) is -0.312. The maximum Gasteiger partial charge on any atom is 0.288 e. The van der Waals surface area contributed by atoms with Gasteiger partial charge in [-0.15, -0.1) is 0 Å². The summed E-state index contributed by atoms with van der Waals surface area (Å²) < 4.78 is 0. The number of nitrogens with one attached hydrogen (secondary N) is 1. The van der Waals surface area contributed by atoms with Gasteiger partial charge < -0.3 is 11.1 Å². The molecule has 0 spiro atoms. The highest BCUT2D eigenvalue weighted by Crippen LogP contribution is 2.04. The standard InChI is InChI=1S/C10H14N2O.C9H6N2O/c11-10(13)8-12-7-6-9-4-2-1-3-5-9;12-9-6-10-5-7-3-1-2-4-8(7)11-9/h1-5,12H,6-8H2,(H2,11,13);1-6H. The molecule has 0 aliphatic carbocycles. The van der Waals surface area contributed by atoms with Crippen LogP contribution < -0.4 is 16.6 Å². The zero-order chi connectivity index (χ0) is 17.9. The molecule has 6 nitrogen and oxygen atoms in total. The predicted octanol–water partition coefficient (Wildman–Crippen LogP) is 1.29. The van der Waals surface area contributed by atoms with Gasteiger partial charge in [-0.25, -0.2) is 4.98 Å². The predicted molar refractivity (Wildman–Crippen MR) is 98.0 cm³/mol. The largest absolute Gasteiger partial charge is 0.369 e. The molecule has 0 unspecified atom stereocenters. The van der Waals surface area contributed by atoms with E-state index >= 15 is 0 Å². The number of fused-ring (bicyclic) bond motifs is 1. The molecule has 0 aliphatic rings. The number of hydrogen-bond acceptors (Lipinski definition) is 5. The quantitative estimate of drug-likeness (QED) is 0.684. The molecule has 0 saturated carbocycles. The van der Waals surface area contributed by atoms with E-state index in [2.05, 4.69) is 27.4 Å². The zero-order valence-electron chi connectivity index (χ0n) is 13.8. The Labute approximate surface area is 145 Å². The number of carbonyl (C=O) groups is 1. The van der Waals surface area contributed by atoms with Crippen LogP contribution in [0, 0.1) is 0 Å². The van der Waals surface area contributed by atoms with E-state index in [0.717, 1.165) is 18.4 Å². The summed E-state index contributed by atoms with van der Waals surface area (Å²) in [6.45, 7) is 1.04. The van der Waals surface area contributed by atoms with Crippen LogP contribution in [0.1, 0.15) is 5.56 Å². The summed E-state index contributed by atoms with van der Waals surface area (Å²) in [6.07, 6.45) is 3.76. The van der Waals surface area contributed by atoms with Gasteiger partial charge in [-0.3, -0.25) is 14.6 Å². The molecule has 0 fully saturated rings. The van der Waals surface area contributed by atoms with Crippen LogP contribution in [-0.2, 0) is 11.2 Å². The Hall–Kier alpha value is -3.12. The minimum absolute atomic E-state index is 0.257. The van der Waals surface area contributed by atoms with Gasteiger partial charge in [-0.05, 0) is 24.6 Å². The lowest BCUT2D eigenvalue weighted by atomic mass is 10.1. The Morgan fingerprint density at radius 3 is 2.48 bits per heavy atom. The number of primary amides is 1. The fraction of sp³-hybridized carbons (Fsp3) is 0.158. The van der Waals surface area contributed by atoms with Gasteiger partial charge in [0.2, 0.25) is 5.91 Å². The summed E-state index contributed by atoms with van der Waals surface area (Å²) in [5.41, 5.74) is 6.61. The number of nitrogens with zero attached hydrogens (tertiary/aromatic N) is 2. The highest BCUT2D eigenvalue weighted by Gasteiger charge is 1.93. The Kier molecular flexibility index (Phi) is 7.21. The van der Waals surface area contributed by atoms with Gasteiger partial charge in [0.15, 0.2) is 0 Å². The van der Waals surface area contributed by atoms with Crippen LogP contribution in [-0.4, -0.2) is 29.0 Å². The molecule has 2 aromatic carbocycles. The Morgan fingerprint density at radius 2 is 1.72 bits per heavy atom. The number of para-hydroxylation sites is 1. The molecular weight excluding hydrogens is 316 g/mol. The molecule has 25 heavy (non-hydrogen) atoms. The molecule has 1 heterocycles. The average Bonchev–Trinajstić information content (AvgIpc) is 2.80. The molecule has 1 aromatic heterocycles. The topological polar surface area (TPSA) is 98.0 Å². The highest BCUT2D eigenvalue weighted by atomic mass is 16.1. The van der Waals surface area contributed by atoms with E-state index in [-0.39, 0.29) is 18.0 Å². The van der Waals surface area contributed by atoms with Gasteiger partial charge in [0, 0.05) is 11.6 Å². The second-order valence-electron chi connectivity index (χ2n) is 5.29. The second-order valence-corrected chi connectivity index (χ2v) is 5.29. The van der Waals surface area contributed by atoms with E-state index in [0.29, 0.717) is 5.52 Å². The summed E-state index contributed by atoms with van der Waals surface area (Å²) in [6, 6.07) is 17.5. The molecule has 128 valence electrons. The molecule has 0 radical (unpaired) electrons. The number of carbonyl (C=O) groups excluding carboxylic acids is 1.